The molecule has 5 heteroatoms. The Kier molecular flexibility index (Phi) is 3.58. The van der Waals surface area contributed by atoms with Crippen molar-refractivity contribution in [2.45, 2.75) is 6.92 Å². The van der Waals surface area contributed by atoms with Crippen molar-refractivity contribution in [1.29, 1.82) is 5.41 Å². The molecule has 0 aliphatic rings. The molecule has 21 heavy (non-hydrogen) atoms. The summed E-state index contributed by atoms with van der Waals surface area (Å²) in [4.78, 5) is 8.37. The molecule has 3 nitrogen and oxygen atoms in total. The molecule has 0 aromatic carbocycles. The molecule has 3 aromatic rings. The van der Waals surface area contributed by atoms with Crippen LogP contribution in [0.2, 0.25) is 0 Å². The highest BCUT2D eigenvalue weighted by Crippen LogP contribution is 2.34. The molecule has 3 heterocycles. The van der Waals surface area contributed by atoms with Gasteiger partial charge in [-0.05, 0) is 25.1 Å². The summed E-state index contributed by atoms with van der Waals surface area (Å²) in [6.07, 6.45) is 5.88. The van der Waals surface area contributed by atoms with Crippen molar-refractivity contribution in [1.82, 2.24) is 9.97 Å². The number of hydrogen-bond donors (Lipinski definition) is 1. The SMILES string of the molecule is C/C=C(\C=N)c1ccc2scc(-c3ccncc3F)c2n1. The minimum absolute atomic E-state index is 0.359. The summed E-state index contributed by atoms with van der Waals surface area (Å²) < 4.78 is 14.9. The Balaban J connectivity index is 2.24. The lowest BCUT2D eigenvalue weighted by atomic mass is 10.1. The van der Waals surface area contributed by atoms with Crippen molar-refractivity contribution in [2.24, 2.45) is 0 Å². The molecule has 0 bridgehead atoms. The van der Waals surface area contributed by atoms with E-state index in [1.807, 2.05) is 30.5 Å². The highest BCUT2D eigenvalue weighted by molar-refractivity contribution is 7.17. The van der Waals surface area contributed by atoms with Gasteiger partial charge in [-0.3, -0.25) is 4.98 Å². The first-order valence-corrected chi connectivity index (χ1v) is 7.28. The van der Waals surface area contributed by atoms with Gasteiger partial charge in [-0.25, -0.2) is 9.37 Å². The first-order chi connectivity index (χ1) is 10.2. The van der Waals surface area contributed by atoms with Crippen molar-refractivity contribution < 1.29 is 4.39 Å². The van der Waals surface area contributed by atoms with Crippen LogP contribution in [0.4, 0.5) is 4.39 Å². The third-order valence-corrected chi connectivity index (χ3v) is 4.18. The number of nitrogens with zero attached hydrogens (tertiary/aromatic N) is 2. The van der Waals surface area contributed by atoms with E-state index in [0.717, 1.165) is 21.4 Å². The molecule has 0 radical (unpaired) electrons. The van der Waals surface area contributed by atoms with Crippen LogP contribution in [0.25, 0.3) is 26.9 Å². The average Bonchev–Trinajstić information content (AvgIpc) is 2.92. The van der Waals surface area contributed by atoms with Gasteiger partial charge in [-0.1, -0.05) is 6.08 Å². The number of halogens is 1. The predicted octanol–water partition coefficient (Wildman–Crippen LogP) is 4.55. The summed E-state index contributed by atoms with van der Waals surface area (Å²) in [6, 6.07) is 5.49. The number of hydrogen-bond acceptors (Lipinski definition) is 4. The fourth-order valence-electron chi connectivity index (χ4n) is 2.16. The van der Waals surface area contributed by atoms with Crippen LogP contribution in [0, 0.1) is 11.2 Å². The number of pyridine rings is 2. The van der Waals surface area contributed by atoms with E-state index in [1.165, 1.54) is 23.7 Å². The van der Waals surface area contributed by atoms with Gasteiger partial charge in [0.25, 0.3) is 0 Å². The van der Waals surface area contributed by atoms with Crippen molar-refractivity contribution in [3.8, 4) is 11.1 Å². The van der Waals surface area contributed by atoms with Gasteiger partial charge < -0.3 is 5.41 Å². The normalized spacial score (nSPS) is 11.8. The summed E-state index contributed by atoms with van der Waals surface area (Å²) >= 11 is 1.53. The van der Waals surface area contributed by atoms with Crippen LogP contribution in [0.3, 0.4) is 0 Å². The number of aromatic nitrogens is 2. The Labute approximate surface area is 125 Å². The summed E-state index contributed by atoms with van der Waals surface area (Å²) in [5.74, 6) is -0.359. The second kappa shape index (κ2) is 5.54. The van der Waals surface area contributed by atoms with Crippen LogP contribution < -0.4 is 0 Å². The van der Waals surface area contributed by atoms with Gasteiger partial charge in [-0.2, -0.15) is 0 Å². The second-order valence-electron chi connectivity index (χ2n) is 4.44. The van der Waals surface area contributed by atoms with Crippen molar-refractivity contribution >= 4 is 33.3 Å². The Morgan fingerprint density at radius 1 is 1.29 bits per heavy atom. The van der Waals surface area contributed by atoms with E-state index < -0.39 is 0 Å². The average molecular weight is 297 g/mol. The Bertz CT molecular complexity index is 852. The molecule has 104 valence electrons. The molecule has 0 saturated carbocycles. The maximum Gasteiger partial charge on any atom is 0.149 e. The van der Waals surface area contributed by atoms with E-state index in [9.17, 15) is 4.39 Å². The highest BCUT2D eigenvalue weighted by Gasteiger charge is 2.13. The van der Waals surface area contributed by atoms with Crippen LogP contribution in [0.1, 0.15) is 12.6 Å². The smallest absolute Gasteiger partial charge is 0.149 e. The Hall–Kier alpha value is -2.40. The summed E-state index contributed by atoms with van der Waals surface area (Å²) in [5.41, 5.74) is 3.47. The minimum Gasteiger partial charge on any atom is -0.308 e. The quantitative estimate of drug-likeness (QED) is 0.721. The molecule has 0 aliphatic carbocycles. The van der Waals surface area contributed by atoms with Gasteiger partial charge in [0.15, 0.2) is 0 Å². The molecule has 0 saturated heterocycles. The summed E-state index contributed by atoms with van der Waals surface area (Å²) in [6.45, 7) is 1.86. The zero-order chi connectivity index (χ0) is 14.8. The van der Waals surface area contributed by atoms with Gasteiger partial charge in [0.1, 0.15) is 5.82 Å². The van der Waals surface area contributed by atoms with E-state index in [4.69, 9.17) is 5.41 Å². The number of fused-ring (bicyclic) bond motifs is 1. The molecule has 1 N–H and O–H groups in total. The zero-order valence-electron chi connectivity index (χ0n) is 11.3. The molecule has 0 unspecified atom stereocenters. The fourth-order valence-corrected chi connectivity index (χ4v) is 3.06. The minimum atomic E-state index is -0.359. The first kappa shape index (κ1) is 13.6. The molecule has 0 aliphatic heterocycles. The topological polar surface area (TPSA) is 49.6 Å². The molecule has 3 rings (SSSR count). The van der Waals surface area contributed by atoms with E-state index in [2.05, 4.69) is 9.97 Å². The molecular formula is C16H12FN3S. The molecule has 0 spiro atoms. The number of thiophene rings is 1. The number of allylic oxidation sites excluding steroid dienone is 2. The second-order valence-corrected chi connectivity index (χ2v) is 5.35. The van der Waals surface area contributed by atoms with E-state index >= 15 is 0 Å². The number of rotatable bonds is 3. The molecular weight excluding hydrogens is 285 g/mol. The van der Waals surface area contributed by atoms with Gasteiger partial charge >= 0.3 is 0 Å². The molecule has 0 atom stereocenters. The van der Waals surface area contributed by atoms with Gasteiger partial charge in [-0.15, -0.1) is 11.3 Å². The van der Waals surface area contributed by atoms with Crippen molar-refractivity contribution in [3.63, 3.8) is 0 Å². The van der Waals surface area contributed by atoms with Gasteiger partial charge in [0.2, 0.25) is 0 Å². The van der Waals surface area contributed by atoms with E-state index in [1.54, 1.807) is 12.3 Å². The first-order valence-electron chi connectivity index (χ1n) is 6.40. The van der Waals surface area contributed by atoms with Crippen molar-refractivity contribution in [2.75, 3.05) is 0 Å². The fraction of sp³-hybridized carbons (Fsp3) is 0.0625. The standard InChI is InChI=1S/C16H12FN3S/c1-2-10(7-18)14-3-4-15-16(20-14)12(9-21-15)11-5-6-19-8-13(11)17/h2-9,18H,1H3/b10-2+,18-7?. The maximum absolute atomic E-state index is 13.9. The Morgan fingerprint density at radius 3 is 2.86 bits per heavy atom. The molecule has 3 aromatic heterocycles. The largest absolute Gasteiger partial charge is 0.308 e. The van der Waals surface area contributed by atoms with Crippen LogP contribution in [-0.4, -0.2) is 16.2 Å². The highest BCUT2D eigenvalue weighted by atomic mass is 32.1. The van der Waals surface area contributed by atoms with E-state index in [-0.39, 0.29) is 5.82 Å². The molecule has 0 amide bonds. The zero-order valence-corrected chi connectivity index (χ0v) is 12.1. The molecule has 0 fully saturated rings. The lowest BCUT2D eigenvalue weighted by Crippen LogP contribution is -1.91. The van der Waals surface area contributed by atoms with Crippen LogP contribution >= 0.6 is 11.3 Å². The third-order valence-electron chi connectivity index (χ3n) is 3.24. The maximum atomic E-state index is 13.9. The van der Waals surface area contributed by atoms with Gasteiger partial charge in [0, 0.05) is 34.5 Å². The van der Waals surface area contributed by atoms with E-state index in [0.29, 0.717) is 11.3 Å². The van der Waals surface area contributed by atoms with Crippen molar-refractivity contribution in [3.05, 3.63) is 53.6 Å². The van der Waals surface area contributed by atoms with Gasteiger partial charge in [0.05, 0.1) is 22.1 Å². The lowest BCUT2D eigenvalue weighted by Gasteiger charge is -2.03. The summed E-state index contributed by atoms with van der Waals surface area (Å²) in [7, 11) is 0. The van der Waals surface area contributed by atoms with Crippen LogP contribution in [-0.2, 0) is 0 Å². The van der Waals surface area contributed by atoms with Crippen LogP contribution in [0.15, 0.2) is 42.0 Å². The lowest BCUT2D eigenvalue weighted by molar-refractivity contribution is 0.625. The number of nitrogens with one attached hydrogen (secondary N) is 1. The predicted molar refractivity (Wildman–Crippen MR) is 85.2 cm³/mol. The summed E-state index contributed by atoms with van der Waals surface area (Å²) in [5, 5.41) is 9.32. The Morgan fingerprint density at radius 2 is 2.14 bits per heavy atom. The monoisotopic (exact) mass is 297 g/mol. The van der Waals surface area contributed by atoms with Crippen LogP contribution in [0.5, 0.6) is 0 Å². The third kappa shape index (κ3) is 2.36.